The van der Waals surface area contributed by atoms with E-state index in [0.29, 0.717) is 32.1 Å². The van der Waals surface area contributed by atoms with Gasteiger partial charge in [-0.1, -0.05) is 292 Å². The first-order chi connectivity index (χ1) is 48.7. The first kappa shape index (κ1) is 96.0. The number of hydrogen-bond acceptors (Lipinski definition) is 15. The summed E-state index contributed by atoms with van der Waals surface area (Å²) in [6.07, 6.45) is 76.8. The molecule has 3 N–H and O–H groups in total. The minimum atomic E-state index is -4.99. The summed E-state index contributed by atoms with van der Waals surface area (Å²) < 4.78 is 68.5. The van der Waals surface area contributed by atoms with Crippen molar-refractivity contribution in [1.29, 1.82) is 0 Å². The molecule has 0 aliphatic heterocycles. The van der Waals surface area contributed by atoms with Crippen molar-refractivity contribution in [2.24, 2.45) is 0 Å². The summed E-state index contributed by atoms with van der Waals surface area (Å²) in [6, 6.07) is 0. The molecule has 0 amide bonds. The van der Waals surface area contributed by atoms with Crippen LogP contribution in [0.25, 0.3) is 0 Å². The minimum Gasteiger partial charge on any atom is -0.462 e. The van der Waals surface area contributed by atoms with Crippen LogP contribution in [0, 0.1) is 0 Å². The normalized spacial score (nSPS) is 14.4. The van der Waals surface area contributed by atoms with Gasteiger partial charge >= 0.3 is 39.5 Å². The van der Waals surface area contributed by atoms with Gasteiger partial charge in [-0.05, 0) is 116 Å². The molecule has 0 aliphatic rings. The maximum absolute atomic E-state index is 13.1. The summed E-state index contributed by atoms with van der Waals surface area (Å²) >= 11 is 0. The van der Waals surface area contributed by atoms with Crippen LogP contribution in [0.3, 0.4) is 0 Å². The quantitative estimate of drug-likeness (QED) is 0.0128. The fourth-order valence-corrected chi connectivity index (χ4v) is 12.1. The molecule has 0 saturated carbocycles. The first-order valence-electron chi connectivity index (χ1n) is 39.5. The number of aliphatic hydroxyl groups excluding tert-OH is 1. The molecule has 0 spiro atoms. The fraction of sp³-hybridized carbons (Fsp3) is 0.753. The van der Waals surface area contributed by atoms with E-state index in [1.807, 2.05) is 12.2 Å². The lowest BCUT2D eigenvalue weighted by Gasteiger charge is -2.21. The largest absolute Gasteiger partial charge is 0.472 e. The molecule has 0 rings (SSSR count). The van der Waals surface area contributed by atoms with Gasteiger partial charge < -0.3 is 33.8 Å². The minimum absolute atomic E-state index is 0.0656. The molecule has 0 heterocycles. The van der Waals surface area contributed by atoms with Crippen molar-refractivity contribution in [1.82, 2.24) is 0 Å². The van der Waals surface area contributed by atoms with Crippen LogP contribution in [0.1, 0.15) is 336 Å². The second-order valence-corrected chi connectivity index (χ2v) is 29.3. The third-order valence-corrected chi connectivity index (χ3v) is 18.5. The summed E-state index contributed by atoms with van der Waals surface area (Å²) in [5.74, 6) is -2.26. The second-order valence-electron chi connectivity index (χ2n) is 26.4. The van der Waals surface area contributed by atoms with E-state index in [9.17, 15) is 43.2 Å². The van der Waals surface area contributed by atoms with Crippen LogP contribution in [0.2, 0.25) is 0 Å². The maximum atomic E-state index is 13.1. The van der Waals surface area contributed by atoms with Crippen molar-refractivity contribution >= 4 is 39.5 Å². The lowest BCUT2D eigenvalue weighted by molar-refractivity contribution is -0.161. The van der Waals surface area contributed by atoms with E-state index >= 15 is 0 Å². The Labute approximate surface area is 607 Å². The Hall–Kier alpha value is -4.02. The molecule has 0 bridgehead atoms. The molecule has 0 saturated heterocycles. The predicted molar refractivity (Wildman–Crippen MR) is 409 cm³/mol. The molecular weight excluding hydrogens is 1310 g/mol. The third-order valence-electron chi connectivity index (χ3n) is 16.6. The number of rotatable bonds is 74. The number of phosphoric ester groups is 2. The predicted octanol–water partition coefficient (Wildman–Crippen LogP) is 22.8. The topological polar surface area (TPSA) is 237 Å². The van der Waals surface area contributed by atoms with Gasteiger partial charge in [0.05, 0.1) is 26.4 Å². The van der Waals surface area contributed by atoms with E-state index in [4.69, 9.17) is 37.0 Å². The number of carbonyl (C=O) groups excluding carboxylic acids is 4. The van der Waals surface area contributed by atoms with Crippen molar-refractivity contribution in [2.45, 2.75) is 354 Å². The van der Waals surface area contributed by atoms with Crippen molar-refractivity contribution in [3.05, 3.63) is 97.2 Å². The Balaban J connectivity index is 5.42. The SMILES string of the molecule is CCCCC/C=C\C/C=C\C/C=C\C/C=C\CCCC(=O)OC[C@H](COP(=O)(O)OC[C@@H](O)COP(=O)(O)OC[C@@H](COC(=O)CCCCCCCCCCCCCCC)OC(=O)CCCCCCC/C=C\C=C/CCCCCC)OC(=O)CCCCCCC/C=C\C=C/CCCCCC. The highest BCUT2D eigenvalue weighted by molar-refractivity contribution is 7.47. The lowest BCUT2D eigenvalue weighted by atomic mass is 10.0. The average Bonchev–Trinajstić information content (AvgIpc) is 0.945. The molecule has 0 fully saturated rings. The fourth-order valence-electron chi connectivity index (χ4n) is 10.5. The van der Waals surface area contributed by atoms with Gasteiger partial charge in [-0.3, -0.25) is 37.3 Å². The van der Waals surface area contributed by atoms with Gasteiger partial charge in [0.1, 0.15) is 19.3 Å². The van der Waals surface area contributed by atoms with E-state index in [1.165, 1.54) is 128 Å². The molecule has 0 aliphatic carbocycles. The van der Waals surface area contributed by atoms with Gasteiger partial charge in [-0.15, -0.1) is 0 Å². The highest BCUT2D eigenvalue weighted by Crippen LogP contribution is 2.45. The van der Waals surface area contributed by atoms with Crippen molar-refractivity contribution < 1.29 is 80.2 Å². The number of hydrogen-bond donors (Lipinski definition) is 3. The summed E-state index contributed by atoms with van der Waals surface area (Å²) in [4.78, 5) is 72.9. The molecule has 5 atom stereocenters. The lowest BCUT2D eigenvalue weighted by Crippen LogP contribution is -2.30. The molecule has 0 aromatic rings. The van der Waals surface area contributed by atoms with Crippen molar-refractivity contribution in [3.8, 4) is 0 Å². The summed E-state index contributed by atoms with van der Waals surface area (Å²) in [6.45, 7) is 4.74. The average molecular weight is 1450 g/mol. The number of aliphatic hydroxyl groups is 1. The van der Waals surface area contributed by atoms with Gasteiger partial charge in [0.25, 0.3) is 0 Å². The van der Waals surface area contributed by atoms with E-state index in [1.54, 1.807) is 0 Å². The molecular formula is C81H142O17P2. The van der Waals surface area contributed by atoms with Crippen LogP contribution < -0.4 is 0 Å². The van der Waals surface area contributed by atoms with Crippen molar-refractivity contribution in [3.63, 3.8) is 0 Å². The molecule has 0 radical (unpaired) electrons. The molecule has 19 heteroatoms. The van der Waals surface area contributed by atoms with E-state index in [-0.39, 0.29) is 25.7 Å². The zero-order valence-electron chi connectivity index (χ0n) is 63.1. The van der Waals surface area contributed by atoms with Gasteiger partial charge in [0.15, 0.2) is 12.2 Å². The first-order valence-corrected chi connectivity index (χ1v) is 42.5. The highest BCUT2D eigenvalue weighted by atomic mass is 31.2. The Morgan fingerprint density at radius 2 is 0.530 bits per heavy atom. The third kappa shape index (κ3) is 72.3. The molecule has 2 unspecified atom stereocenters. The number of carbonyl (C=O) groups is 4. The summed E-state index contributed by atoms with van der Waals surface area (Å²) in [5.41, 5.74) is 0. The number of phosphoric acid groups is 2. The molecule has 17 nitrogen and oxygen atoms in total. The zero-order valence-corrected chi connectivity index (χ0v) is 64.9. The molecule has 578 valence electrons. The maximum Gasteiger partial charge on any atom is 0.472 e. The second kappa shape index (κ2) is 73.3. The van der Waals surface area contributed by atoms with Crippen LogP contribution in [-0.4, -0.2) is 96.7 Å². The van der Waals surface area contributed by atoms with Gasteiger partial charge in [-0.2, -0.15) is 0 Å². The van der Waals surface area contributed by atoms with E-state index < -0.39 is 97.5 Å². The molecule has 0 aromatic carbocycles. The van der Waals surface area contributed by atoms with Crippen LogP contribution in [0.4, 0.5) is 0 Å². The Morgan fingerprint density at radius 3 is 0.880 bits per heavy atom. The Bertz CT molecular complexity index is 2270. The van der Waals surface area contributed by atoms with Crippen molar-refractivity contribution in [2.75, 3.05) is 39.6 Å². The highest BCUT2D eigenvalue weighted by Gasteiger charge is 2.30. The zero-order chi connectivity index (χ0) is 73.2. The standard InChI is InChI=1S/C81H142O17P2/c1-5-9-13-17-21-25-29-33-36-37-40-42-46-50-54-58-62-66-79(84)92-72-77(98-81(86)68-64-60-56-52-48-44-39-35-31-27-23-19-15-11-7-3)74-96-100(89,90)94-70-75(82)69-93-99(87,88)95-73-76(71-91-78(83)65-61-57-53-49-45-41-32-28-24-20-16-12-8-4)97-80(85)67-63-59-55-51-47-43-38-34-30-26-22-18-14-10-6-2/h21,25-27,30-31,33-36,38-40,42,50,54,75-77,82H,5-20,22-24,28-29,32,37,41,43-49,51-53,55-74H2,1-4H3,(H,87,88)(H,89,90)/b25-21-,30-26-,31-27-,36-33-,38-34-,39-35-,42-40-,54-50-/t75-,76+,77+/m0/s1. The summed E-state index contributed by atoms with van der Waals surface area (Å²) in [5, 5.41) is 10.6. The Kier molecular flexibility index (Phi) is 70.4. The van der Waals surface area contributed by atoms with Gasteiger partial charge in [-0.25, -0.2) is 9.13 Å². The van der Waals surface area contributed by atoms with E-state index in [0.717, 1.165) is 122 Å². The van der Waals surface area contributed by atoms with Crippen LogP contribution in [0.15, 0.2) is 97.2 Å². The van der Waals surface area contributed by atoms with Gasteiger partial charge in [0, 0.05) is 25.7 Å². The van der Waals surface area contributed by atoms with Gasteiger partial charge in [0.2, 0.25) is 0 Å². The smallest absolute Gasteiger partial charge is 0.462 e. The number of esters is 4. The number of unbranched alkanes of at least 4 members (excludes halogenated alkanes) is 34. The Morgan fingerprint density at radius 1 is 0.290 bits per heavy atom. The summed E-state index contributed by atoms with van der Waals surface area (Å²) in [7, 11) is -9.97. The molecule has 0 aromatic heterocycles. The monoisotopic (exact) mass is 1450 g/mol. The van der Waals surface area contributed by atoms with Crippen LogP contribution in [0.5, 0.6) is 0 Å². The van der Waals surface area contributed by atoms with Crippen LogP contribution >= 0.6 is 15.6 Å². The van der Waals surface area contributed by atoms with E-state index in [2.05, 4.69) is 113 Å². The number of ether oxygens (including phenoxy) is 4. The number of allylic oxidation sites excluding steroid dienone is 16. The molecule has 100 heavy (non-hydrogen) atoms. The van der Waals surface area contributed by atoms with Crippen LogP contribution in [-0.2, 0) is 65.4 Å².